The smallest absolute Gasteiger partial charge is 0.247 e. The summed E-state index contributed by atoms with van der Waals surface area (Å²) >= 11 is 0. The van der Waals surface area contributed by atoms with Gasteiger partial charge in [0.2, 0.25) is 5.95 Å². The maximum Gasteiger partial charge on any atom is 0.247 e. The van der Waals surface area contributed by atoms with Gasteiger partial charge in [-0.05, 0) is 37.5 Å². The monoisotopic (exact) mass is 338 g/mol. The van der Waals surface area contributed by atoms with Gasteiger partial charge >= 0.3 is 0 Å². The Bertz CT molecular complexity index is 705. The predicted octanol–water partition coefficient (Wildman–Crippen LogP) is 2.86. The van der Waals surface area contributed by atoms with Gasteiger partial charge in [0, 0.05) is 37.9 Å². The molecule has 2 aliphatic rings. The first-order valence-corrected chi connectivity index (χ1v) is 9.31. The minimum absolute atomic E-state index is 0.544. The molecule has 0 bridgehead atoms. The summed E-state index contributed by atoms with van der Waals surface area (Å²) < 4.78 is 0. The lowest BCUT2D eigenvalue weighted by Gasteiger charge is -2.36. The lowest BCUT2D eigenvalue weighted by atomic mass is 10.2. The second kappa shape index (κ2) is 7.25. The van der Waals surface area contributed by atoms with Crippen LogP contribution in [-0.2, 0) is 0 Å². The molecule has 1 saturated carbocycles. The van der Waals surface area contributed by atoms with E-state index in [1.807, 2.05) is 0 Å². The highest BCUT2D eigenvalue weighted by Gasteiger charge is 2.21. The third kappa shape index (κ3) is 3.83. The topological polar surface area (TPSA) is 57.2 Å². The molecule has 4 rings (SSSR count). The molecule has 0 unspecified atom stereocenters. The number of piperazine rings is 1. The van der Waals surface area contributed by atoms with E-state index in [4.69, 9.17) is 4.98 Å². The molecule has 1 aromatic carbocycles. The quantitative estimate of drug-likeness (QED) is 0.925. The maximum atomic E-state index is 4.69. The molecule has 1 aromatic heterocycles. The summed E-state index contributed by atoms with van der Waals surface area (Å²) in [5.41, 5.74) is 2.61. The van der Waals surface area contributed by atoms with Gasteiger partial charge in [-0.1, -0.05) is 25.0 Å². The Hall–Kier alpha value is -2.37. The van der Waals surface area contributed by atoms with Crippen molar-refractivity contribution in [1.82, 2.24) is 15.2 Å². The van der Waals surface area contributed by atoms with Crippen molar-refractivity contribution in [2.24, 2.45) is 0 Å². The minimum atomic E-state index is 0.544. The summed E-state index contributed by atoms with van der Waals surface area (Å²) in [6.45, 7) is 5.94. The van der Waals surface area contributed by atoms with Crippen molar-refractivity contribution in [1.29, 1.82) is 0 Å². The van der Waals surface area contributed by atoms with Crippen LogP contribution in [0.2, 0.25) is 0 Å². The van der Waals surface area contributed by atoms with E-state index in [-0.39, 0.29) is 0 Å². The number of aryl methyl sites for hydroxylation is 1. The normalized spacial score (nSPS) is 18.6. The summed E-state index contributed by atoms with van der Waals surface area (Å²) in [5.74, 6) is 1.60. The Morgan fingerprint density at radius 2 is 1.80 bits per heavy atom. The van der Waals surface area contributed by atoms with E-state index >= 15 is 0 Å². The number of benzene rings is 1. The number of hydrogen-bond donors (Lipinski definition) is 1. The van der Waals surface area contributed by atoms with E-state index < -0.39 is 0 Å². The fourth-order valence-electron chi connectivity index (χ4n) is 3.77. The fourth-order valence-corrected chi connectivity index (χ4v) is 3.77. The van der Waals surface area contributed by atoms with Crippen molar-refractivity contribution in [2.45, 2.75) is 38.6 Å². The van der Waals surface area contributed by atoms with Crippen LogP contribution in [0.5, 0.6) is 0 Å². The van der Waals surface area contributed by atoms with Crippen molar-refractivity contribution in [3.05, 3.63) is 36.0 Å². The Morgan fingerprint density at radius 1 is 1.04 bits per heavy atom. The third-order valence-corrected chi connectivity index (χ3v) is 5.18. The summed E-state index contributed by atoms with van der Waals surface area (Å²) in [5, 5.41) is 11.9. The molecule has 1 aliphatic heterocycles. The zero-order chi connectivity index (χ0) is 17.1. The highest BCUT2D eigenvalue weighted by atomic mass is 15.4. The average molecular weight is 338 g/mol. The molecule has 0 atom stereocenters. The van der Waals surface area contributed by atoms with E-state index in [9.17, 15) is 0 Å². The number of anilines is 3. The lowest BCUT2D eigenvalue weighted by molar-refractivity contribution is 0.634. The van der Waals surface area contributed by atoms with E-state index in [0.29, 0.717) is 6.04 Å². The van der Waals surface area contributed by atoms with Crippen LogP contribution < -0.4 is 15.1 Å². The highest BCUT2D eigenvalue weighted by molar-refractivity contribution is 5.50. The minimum Gasteiger partial charge on any atom is -0.368 e. The maximum absolute atomic E-state index is 4.69. The first kappa shape index (κ1) is 16.1. The van der Waals surface area contributed by atoms with Crippen LogP contribution in [0.3, 0.4) is 0 Å². The SMILES string of the molecule is Cc1cccc(N2CCN(c3nncc(NC4CCCC4)n3)CC2)c1. The van der Waals surface area contributed by atoms with Gasteiger partial charge in [0.05, 0.1) is 6.20 Å². The van der Waals surface area contributed by atoms with Gasteiger partial charge in [-0.3, -0.25) is 0 Å². The molecule has 1 aliphatic carbocycles. The molecule has 0 spiro atoms. The Morgan fingerprint density at radius 3 is 2.56 bits per heavy atom. The van der Waals surface area contributed by atoms with E-state index in [1.165, 1.54) is 36.9 Å². The third-order valence-electron chi connectivity index (χ3n) is 5.18. The van der Waals surface area contributed by atoms with Gasteiger partial charge in [0.15, 0.2) is 5.82 Å². The number of rotatable bonds is 4. The average Bonchev–Trinajstić information content (AvgIpc) is 3.15. The van der Waals surface area contributed by atoms with Crippen molar-refractivity contribution in [3.63, 3.8) is 0 Å². The van der Waals surface area contributed by atoms with E-state index in [0.717, 1.165) is 37.9 Å². The van der Waals surface area contributed by atoms with Gasteiger partial charge in [-0.2, -0.15) is 10.1 Å². The molecule has 2 fully saturated rings. The van der Waals surface area contributed by atoms with Gasteiger partial charge in [-0.25, -0.2) is 0 Å². The molecule has 1 saturated heterocycles. The van der Waals surface area contributed by atoms with Crippen molar-refractivity contribution < 1.29 is 0 Å². The van der Waals surface area contributed by atoms with Crippen LogP contribution in [0.1, 0.15) is 31.2 Å². The van der Waals surface area contributed by atoms with Crippen molar-refractivity contribution >= 4 is 17.5 Å². The second-order valence-electron chi connectivity index (χ2n) is 7.08. The Labute approximate surface area is 149 Å². The van der Waals surface area contributed by atoms with E-state index in [2.05, 4.69) is 56.5 Å². The molecule has 132 valence electrons. The van der Waals surface area contributed by atoms with Crippen LogP contribution >= 0.6 is 0 Å². The van der Waals surface area contributed by atoms with Gasteiger partial charge < -0.3 is 15.1 Å². The molecular weight excluding hydrogens is 312 g/mol. The van der Waals surface area contributed by atoms with Crippen LogP contribution in [0.25, 0.3) is 0 Å². The molecule has 25 heavy (non-hydrogen) atoms. The van der Waals surface area contributed by atoms with Gasteiger partial charge in [0.25, 0.3) is 0 Å². The number of aromatic nitrogens is 3. The summed E-state index contributed by atoms with van der Waals surface area (Å²) in [7, 11) is 0. The van der Waals surface area contributed by atoms with Crippen molar-refractivity contribution in [2.75, 3.05) is 41.3 Å². The Kier molecular flexibility index (Phi) is 4.68. The molecule has 1 N–H and O–H groups in total. The standard InChI is InChI=1S/C19H26N6/c1-15-5-4-8-17(13-15)24-9-11-25(12-10-24)19-22-18(14-20-23-19)21-16-6-2-3-7-16/h4-5,8,13-14,16H,2-3,6-7,9-12H2,1H3,(H,21,22,23). The highest BCUT2D eigenvalue weighted by Crippen LogP contribution is 2.22. The molecule has 2 heterocycles. The van der Waals surface area contributed by atoms with Crippen LogP contribution in [-0.4, -0.2) is 47.4 Å². The first-order chi connectivity index (χ1) is 12.3. The summed E-state index contributed by atoms with van der Waals surface area (Å²) in [6.07, 6.45) is 6.82. The van der Waals surface area contributed by atoms with Crippen LogP contribution in [0.15, 0.2) is 30.5 Å². The fraction of sp³-hybridized carbons (Fsp3) is 0.526. The zero-order valence-electron chi connectivity index (χ0n) is 14.9. The Balaban J connectivity index is 1.38. The predicted molar refractivity (Wildman–Crippen MR) is 101 cm³/mol. The van der Waals surface area contributed by atoms with Gasteiger partial charge in [-0.15, -0.1) is 5.10 Å². The van der Waals surface area contributed by atoms with E-state index in [1.54, 1.807) is 6.20 Å². The largest absolute Gasteiger partial charge is 0.368 e. The molecule has 6 nitrogen and oxygen atoms in total. The summed E-state index contributed by atoms with van der Waals surface area (Å²) in [4.78, 5) is 9.36. The molecule has 0 amide bonds. The molecule has 0 radical (unpaired) electrons. The molecular formula is C19H26N6. The first-order valence-electron chi connectivity index (χ1n) is 9.31. The summed E-state index contributed by atoms with van der Waals surface area (Å²) in [6, 6.07) is 9.25. The van der Waals surface area contributed by atoms with Crippen molar-refractivity contribution in [3.8, 4) is 0 Å². The van der Waals surface area contributed by atoms with Crippen LogP contribution in [0.4, 0.5) is 17.5 Å². The molecule has 6 heteroatoms. The number of hydrogen-bond acceptors (Lipinski definition) is 6. The zero-order valence-corrected chi connectivity index (χ0v) is 14.9. The lowest BCUT2D eigenvalue weighted by Crippen LogP contribution is -2.47. The number of nitrogens with zero attached hydrogens (tertiary/aromatic N) is 5. The number of nitrogens with one attached hydrogen (secondary N) is 1. The second-order valence-corrected chi connectivity index (χ2v) is 7.08. The van der Waals surface area contributed by atoms with Gasteiger partial charge in [0.1, 0.15) is 0 Å². The molecule has 2 aromatic rings. The van der Waals surface area contributed by atoms with Crippen LogP contribution in [0, 0.1) is 6.92 Å².